The fourth-order valence-corrected chi connectivity index (χ4v) is 4.40. The number of carbonyl (C=O) groups excluding carboxylic acids is 1. The highest BCUT2D eigenvalue weighted by molar-refractivity contribution is 5.74. The normalized spacial score (nSPS) is 22.7. The number of benzene rings is 1. The summed E-state index contributed by atoms with van der Waals surface area (Å²) in [6.07, 6.45) is 6.51. The van der Waals surface area contributed by atoms with Crippen molar-refractivity contribution in [3.05, 3.63) is 47.8 Å². The van der Waals surface area contributed by atoms with Gasteiger partial charge >= 0.3 is 6.03 Å². The maximum Gasteiger partial charge on any atom is 0.319 e. The lowest BCUT2D eigenvalue weighted by Crippen LogP contribution is -2.45. The van der Waals surface area contributed by atoms with Gasteiger partial charge in [0, 0.05) is 58.1 Å². The standard InChI is InChI=1S/C21H29N5O/c1-16-5-4-6-19(9-16)26-14-18(10-22-26)13-24-11-17-7-8-20(24)15-25(12-17)21(27)23(2)3/h4-6,9-10,14,17,20H,7-8,11-13,15H2,1-3H3/t17-,20-/m1/s1. The molecule has 0 radical (unpaired) electrons. The highest BCUT2D eigenvalue weighted by Gasteiger charge is 2.36. The van der Waals surface area contributed by atoms with Crippen LogP contribution in [0.2, 0.25) is 0 Å². The first-order valence-corrected chi connectivity index (χ1v) is 9.80. The third kappa shape index (κ3) is 3.86. The average molecular weight is 367 g/mol. The van der Waals surface area contributed by atoms with Crippen molar-refractivity contribution >= 4 is 6.03 Å². The van der Waals surface area contributed by atoms with Crippen molar-refractivity contribution < 1.29 is 4.79 Å². The van der Waals surface area contributed by atoms with Crippen LogP contribution in [0.3, 0.4) is 0 Å². The van der Waals surface area contributed by atoms with E-state index in [-0.39, 0.29) is 6.03 Å². The van der Waals surface area contributed by atoms with Gasteiger partial charge in [0.05, 0.1) is 11.9 Å². The van der Waals surface area contributed by atoms with E-state index in [2.05, 4.69) is 47.4 Å². The summed E-state index contributed by atoms with van der Waals surface area (Å²) in [4.78, 5) is 18.7. The minimum Gasteiger partial charge on any atom is -0.331 e. The van der Waals surface area contributed by atoms with Crippen LogP contribution in [0.5, 0.6) is 0 Å². The van der Waals surface area contributed by atoms with E-state index in [9.17, 15) is 4.79 Å². The predicted octanol–water partition coefficient (Wildman–Crippen LogP) is 2.76. The lowest BCUT2D eigenvalue weighted by molar-refractivity contribution is 0.123. The molecule has 6 heteroatoms. The van der Waals surface area contributed by atoms with Gasteiger partial charge in [-0.05, 0) is 43.4 Å². The Kier molecular flexibility index (Phi) is 4.91. The monoisotopic (exact) mass is 367 g/mol. The van der Waals surface area contributed by atoms with E-state index in [1.807, 2.05) is 29.9 Å². The molecular weight excluding hydrogens is 338 g/mol. The Labute approximate surface area is 161 Å². The number of aryl methyl sites for hydroxylation is 1. The molecule has 6 nitrogen and oxygen atoms in total. The van der Waals surface area contributed by atoms with Crippen molar-refractivity contribution in [2.45, 2.75) is 32.4 Å². The van der Waals surface area contributed by atoms with Gasteiger partial charge in [-0.15, -0.1) is 0 Å². The third-order valence-corrected chi connectivity index (χ3v) is 5.77. The van der Waals surface area contributed by atoms with Crippen molar-refractivity contribution in [3.8, 4) is 5.69 Å². The van der Waals surface area contributed by atoms with E-state index >= 15 is 0 Å². The van der Waals surface area contributed by atoms with Gasteiger partial charge in [-0.25, -0.2) is 9.48 Å². The molecule has 2 bridgehead atoms. The number of rotatable bonds is 3. The fourth-order valence-electron chi connectivity index (χ4n) is 4.40. The molecule has 0 aliphatic carbocycles. The number of nitrogens with zero attached hydrogens (tertiary/aromatic N) is 5. The highest BCUT2D eigenvalue weighted by atomic mass is 16.2. The molecule has 1 aromatic heterocycles. The molecule has 3 aliphatic rings. The largest absolute Gasteiger partial charge is 0.331 e. The van der Waals surface area contributed by atoms with Gasteiger partial charge < -0.3 is 9.80 Å². The van der Waals surface area contributed by atoms with Crippen LogP contribution >= 0.6 is 0 Å². The lowest BCUT2D eigenvalue weighted by atomic mass is 9.95. The second-order valence-electron chi connectivity index (χ2n) is 8.24. The summed E-state index contributed by atoms with van der Waals surface area (Å²) in [5.74, 6) is 0.569. The Balaban J connectivity index is 1.47. The van der Waals surface area contributed by atoms with Crippen molar-refractivity contribution in [1.82, 2.24) is 24.5 Å². The number of hydrogen-bond donors (Lipinski definition) is 0. The van der Waals surface area contributed by atoms with E-state index in [1.165, 1.54) is 24.0 Å². The molecule has 144 valence electrons. The van der Waals surface area contributed by atoms with Crippen LogP contribution in [0.1, 0.15) is 24.0 Å². The summed E-state index contributed by atoms with van der Waals surface area (Å²) in [6, 6.07) is 8.98. The predicted molar refractivity (Wildman–Crippen MR) is 106 cm³/mol. The lowest BCUT2D eigenvalue weighted by Gasteiger charge is -2.35. The van der Waals surface area contributed by atoms with Crippen LogP contribution in [-0.4, -0.2) is 70.3 Å². The molecular formula is C21H29N5O. The number of amides is 2. The van der Waals surface area contributed by atoms with Crippen molar-refractivity contribution in [2.24, 2.45) is 5.92 Å². The van der Waals surface area contributed by atoms with Crippen LogP contribution in [0, 0.1) is 12.8 Å². The molecule has 2 amide bonds. The van der Waals surface area contributed by atoms with Gasteiger partial charge in [0.1, 0.15) is 0 Å². The zero-order valence-corrected chi connectivity index (χ0v) is 16.5. The van der Waals surface area contributed by atoms with E-state index in [0.29, 0.717) is 12.0 Å². The first-order valence-electron chi connectivity index (χ1n) is 9.80. The van der Waals surface area contributed by atoms with E-state index < -0.39 is 0 Å². The van der Waals surface area contributed by atoms with Gasteiger partial charge in [-0.3, -0.25) is 4.90 Å². The minimum absolute atomic E-state index is 0.140. The SMILES string of the molecule is Cc1cccc(-n2cc(CN3C[C@H]4CC[C@@H]3CN(C(=O)N(C)C)C4)cn2)c1. The third-order valence-electron chi connectivity index (χ3n) is 5.77. The molecule has 0 N–H and O–H groups in total. The Morgan fingerprint density at radius 1 is 1.22 bits per heavy atom. The summed E-state index contributed by atoms with van der Waals surface area (Å²) >= 11 is 0. The molecule has 4 heterocycles. The molecule has 2 atom stereocenters. The smallest absolute Gasteiger partial charge is 0.319 e. The van der Waals surface area contributed by atoms with Gasteiger partial charge in [-0.1, -0.05) is 12.1 Å². The summed E-state index contributed by atoms with van der Waals surface area (Å²) in [5, 5.41) is 4.56. The Hall–Kier alpha value is -2.34. The topological polar surface area (TPSA) is 44.6 Å². The molecule has 1 aromatic carbocycles. The molecule has 3 saturated heterocycles. The Morgan fingerprint density at radius 2 is 2.07 bits per heavy atom. The molecule has 27 heavy (non-hydrogen) atoms. The summed E-state index contributed by atoms with van der Waals surface area (Å²) in [6.45, 7) is 5.78. The summed E-state index contributed by atoms with van der Waals surface area (Å²) in [5.41, 5.74) is 3.57. The quantitative estimate of drug-likeness (QED) is 0.838. The van der Waals surface area contributed by atoms with Crippen LogP contribution in [0.4, 0.5) is 4.79 Å². The molecule has 3 aliphatic heterocycles. The summed E-state index contributed by atoms with van der Waals surface area (Å²) < 4.78 is 1.96. The molecule has 0 saturated carbocycles. The Morgan fingerprint density at radius 3 is 2.85 bits per heavy atom. The second-order valence-corrected chi connectivity index (χ2v) is 8.24. The minimum atomic E-state index is 0.140. The maximum absolute atomic E-state index is 12.4. The van der Waals surface area contributed by atoms with Gasteiger partial charge in [0.15, 0.2) is 0 Å². The van der Waals surface area contributed by atoms with E-state index in [4.69, 9.17) is 0 Å². The van der Waals surface area contributed by atoms with Gasteiger partial charge in [-0.2, -0.15) is 5.10 Å². The van der Waals surface area contributed by atoms with Crippen LogP contribution < -0.4 is 0 Å². The van der Waals surface area contributed by atoms with Crippen LogP contribution in [0.15, 0.2) is 36.7 Å². The number of piperidine rings is 1. The van der Waals surface area contributed by atoms with E-state index in [0.717, 1.165) is 31.9 Å². The first kappa shape index (κ1) is 18.0. The molecule has 2 aromatic rings. The fraction of sp³-hybridized carbons (Fsp3) is 0.524. The molecule has 5 rings (SSSR count). The number of aromatic nitrogens is 2. The number of hydrogen-bond acceptors (Lipinski definition) is 3. The van der Waals surface area contributed by atoms with Crippen molar-refractivity contribution in [3.63, 3.8) is 0 Å². The maximum atomic E-state index is 12.4. The number of fused-ring (bicyclic) bond motifs is 4. The zero-order chi connectivity index (χ0) is 19.0. The first-order chi connectivity index (χ1) is 13.0. The number of carbonyl (C=O) groups is 1. The van der Waals surface area contributed by atoms with E-state index in [1.54, 1.807) is 4.90 Å². The summed E-state index contributed by atoms with van der Waals surface area (Å²) in [7, 11) is 3.68. The van der Waals surface area contributed by atoms with Crippen molar-refractivity contribution in [1.29, 1.82) is 0 Å². The van der Waals surface area contributed by atoms with Gasteiger partial charge in [0.2, 0.25) is 0 Å². The van der Waals surface area contributed by atoms with Crippen LogP contribution in [-0.2, 0) is 6.54 Å². The van der Waals surface area contributed by atoms with Crippen LogP contribution in [0.25, 0.3) is 5.69 Å². The van der Waals surface area contributed by atoms with Gasteiger partial charge in [0.25, 0.3) is 0 Å². The molecule has 3 fully saturated rings. The molecule has 0 unspecified atom stereocenters. The second kappa shape index (κ2) is 7.35. The highest BCUT2D eigenvalue weighted by Crippen LogP contribution is 2.29. The Bertz CT molecular complexity index is 814. The zero-order valence-electron chi connectivity index (χ0n) is 16.5. The number of urea groups is 1. The average Bonchev–Trinajstić information content (AvgIpc) is 2.92. The molecule has 0 spiro atoms. The van der Waals surface area contributed by atoms with Crippen molar-refractivity contribution in [2.75, 3.05) is 33.7 Å².